The first-order valence-corrected chi connectivity index (χ1v) is 9.29. The minimum atomic E-state index is -0.574. The number of hydrogen-bond donors (Lipinski definition) is 0. The van der Waals surface area contributed by atoms with Gasteiger partial charge in [0.15, 0.2) is 0 Å². The fraction of sp³-hybridized carbons (Fsp3) is 0.381. The summed E-state index contributed by atoms with van der Waals surface area (Å²) in [7, 11) is 0. The van der Waals surface area contributed by atoms with E-state index in [9.17, 15) is 18.4 Å². The van der Waals surface area contributed by atoms with E-state index in [4.69, 9.17) is 0 Å². The predicted molar refractivity (Wildman–Crippen MR) is 100 cm³/mol. The van der Waals surface area contributed by atoms with Gasteiger partial charge in [0.25, 0.3) is 5.91 Å². The van der Waals surface area contributed by atoms with Crippen LogP contribution in [-0.4, -0.2) is 45.7 Å². The molecule has 1 aromatic carbocycles. The van der Waals surface area contributed by atoms with Crippen molar-refractivity contribution in [2.45, 2.75) is 32.9 Å². The third kappa shape index (κ3) is 4.52. The number of pyridine rings is 1. The second kappa shape index (κ2) is 8.46. The lowest BCUT2D eigenvalue weighted by Gasteiger charge is -2.34. The molecule has 0 saturated carbocycles. The maximum absolute atomic E-state index is 13.5. The van der Waals surface area contributed by atoms with E-state index in [1.165, 1.54) is 18.3 Å². The second-order valence-electron chi connectivity index (χ2n) is 7.35. The van der Waals surface area contributed by atoms with Crippen molar-refractivity contribution in [1.82, 2.24) is 14.8 Å². The van der Waals surface area contributed by atoms with Crippen molar-refractivity contribution in [2.24, 2.45) is 5.92 Å². The van der Waals surface area contributed by atoms with E-state index in [1.54, 1.807) is 21.9 Å². The van der Waals surface area contributed by atoms with Crippen LogP contribution >= 0.6 is 0 Å². The molecule has 3 rings (SSSR count). The maximum Gasteiger partial charge on any atom is 0.255 e. The van der Waals surface area contributed by atoms with Crippen LogP contribution in [-0.2, 0) is 11.3 Å². The number of carbonyl (C=O) groups is 2. The van der Waals surface area contributed by atoms with Gasteiger partial charge in [0.05, 0.1) is 17.8 Å². The van der Waals surface area contributed by atoms with Crippen LogP contribution in [0.25, 0.3) is 0 Å². The highest BCUT2D eigenvalue weighted by molar-refractivity contribution is 5.94. The second-order valence-corrected chi connectivity index (χ2v) is 7.35. The predicted octanol–water partition coefficient (Wildman–Crippen LogP) is 3.26. The molecule has 1 atom stereocenters. The number of hydrogen-bond acceptors (Lipinski definition) is 3. The van der Waals surface area contributed by atoms with Gasteiger partial charge in [0.2, 0.25) is 5.91 Å². The van der Waals surface area contributed by atoms with Crippen LogP contribution in [0.2, 0.25) is 0 Å². The van der Waals surface area contributed by atoms with Crippen molar-refractivity contribution in [2.75, 3.05) is 13.1 Å². The van der Waals surface area contributed by atoms with Crippen molar-refractivity contribution in [3.63, 3.8) is 0 Å². The molecule has 1 saturated heterocycles. The van der Waals surface area contributed by atoms with Gasteiger partial charge in [-0.25, -0.2) is 8.78 Å². The largest absolute Gasteiger partial charge is 0.336 e. The Hall–Kier alpha value is -2.83. The molecule has 2 amide bonds. The smallest absolute Gasteiger partial charge is 0.255 e. The zero-order chi connectivity index (χ0) is 20.3. The Bertz CT molecular complexity index is 855. The van der Waals surface area contributed by atoms with E-state index < -0.39 is 5.82 Å². The van der Waals surface area contributed by atoms with Crippen molar-refractivity contribution < 1.29 is 18.4 Å². The van der Waals surface area contributed by atoms with Crippen LogP contribution < -0.4 is 0 Å². The van der Waals surface area contributed by atoms with Gasteiger partial charge in [-0.2, -0.15) is 0 Å². The summed E-state index contributed by atoms with van der Waals surface area (Å²) < 4.78 is 26.6. The molecule has 1 aliphatic heterocycles. The summed E-state index contributed by atoms with van der Waals surface area (Å²) in [5.41, 5.74) is 0.997. The summed E-state index contributed by atoms with van der Waals surface area (Å²) in [6.45, 7) is 4.95. The summed E-state index contributed by atoms with van der Waals surface area (Å²) in [4.78, 5) is 32.7. The lowest BCUT2D eigenvalue weighted by molar-refractivity contribution is -0.134. The molecule has 28 heavy (non-hydrogen) atoms. The molecule has 1 aromatic heterocycles. The molecule has 0 spiro atoms. The minimum absolute atomic E-state index is 0.0595. The van der Waals surface area contributed by atoms with Gasteiger partial charge in [-0.15, -0.1) is 0 Å². The third-order valence-electron chi connectivity index (χ3n) is 5.00. The molecule has 0 radical (unpaired) electrons. The molecule has 2 heterocycles. The Morgan fingerprint density at radius 1 is 1.18 bits per heavy atom. The first-order valence-electron chi connectivity index (χ1n) is 9.29. The van der Waals surface area contributed by atoms with Crippen molar-refractivity contribution in [3.05, 3.63) is 65.5 Å². The Balaban J connectivity index is 1.83. The number of benzene rings is 1. The summed E-state index contributed by atoms with van der Waals surface area (Å²) >= 11 is 0. The fourth-order valence-corrected chi connectivity index (χ4v) is 3.43. The van der Waals surface area contributed by atoms with E-state index in [0.717, 1.165) is 17.8 Å². The molecule has 0 N–H and O–H groups in total. The molecule has 0 bridgehead atoms. The molecule has 5 nitrogen and oxygen atoms in total. The molecule has 7 heteroatoms. The number of aromatic nitrogens is 1. The van der Waals surface area contributed by atoms with E-state index in [0.29, 0.717) is 13.1 Å². The van der Waals surface area contributed by atoms with Crippen LogP contribution in [0.3, 0.4) is 0 Å². The van der Waals surface area contributed by atoms with Crippen LogP contribution in [0.15, 0.2) is 42.7 Å². The van der Waals surface area contributed by atoms with Crippen LogP contribution in [0.1, 0.15) is 36.2 Å². The van der Waals surface area contributed by atoms with Gasteiger partial charge in [-0.05, 0) is 29.7 Å². The zero-order valence-electron chi connectivity index (χ0n) is 15.9. The Morgan fingerprint density at radius 2 is 1.89 bits per heavy atom. The van der Waals surface area contributed by atoms with Crippen LogP contribution in [0, 0.1) is 17.6 Å². The molecule has 1 aliphatic rings. The first kappa shape index (κ1) is 19.9. The number of amides is 2. The summed E-state index contributed by atoms with van der Waals surface area (Å²) in [5, 5.41) is 0. The molecular weight excluding hydrogens is 364 g/mol. The third-order valence-corrected chi connectivity index (χ3v) is 5.00. The van der Waals surface area contributed by atoms with Crippen molar-refractivity contribution >= 4 is 11.8 Å². The SMILES string of the molecule is CC(C)[C@H]1CN(C(=O)c2cncc(F)c2)CCC(=O)N1Cc1ccc(F)cc1. The summed E-state index contributed by atoms with van der Waals surface area (Å²) in [6, 6.07) is 7.01. The van der Waals surface area contributed by atoms with Gasteiger partial charge >= 0.3 is 0 Å². The lowest BCUT2D eigenvalue weighted by atomic mass is 10.0. The van der Waals surface area contributed by atoms with Gasteiger partial charge in [0, 0.05) is 32.3 Å². The monoisotopic (exact) mass is 387 g/mol. The maximum atomic E-state index is 13.5. The highest BCUT2D eigenvalue weighted by Crippen LogP contribution is 2.22. The summed E-state index contributed by atoms with van der Waals surface area (Å²) in [5.74, 6) is -1.20. The quantitative estimate of drug-likeness (QED) is 0.809. The Kier molecular flexibility index (Phi) is 6.02. The standard InChI is InChI=1S/C21H23F2N3O2/c1-14(2)19-13-25(21(28)16-9-18(23)11-24-10-16)8-7-20(27)26(19)12-15-3-5-17(22)6-4-15/h3-6,9-11,14,19H,7-8,12-13H2,1-2H3/t19-/m1/s1. The van der Waals surface area contributed by atoms with Gasteiger partial charge in [-0.1, -0.05) is 26.0 Å². The Labute approximate surface area is 163 Å². The molecule has 0 unspecified atom stereocenters. The number of rotatable bonds is 4. The Morgan fingerprint density at radius 3 is 2.54 bits per heavy atom. The molecule has 0 aliphatic carbocycles. The topological polar surface area (TPSA) is 53.5 Å². The van der Waals surface area contributed by atoms with E-state index in [-0.39, 0.29) is 48.1 Å². The highest BCUT2D eigenvalue weighted by atomic mass is 19.1. The zero-order valence-corrected chi connectivity index (χ0v) is 15.9. The highest BCUT2D eigenvalue weighted by Gasteiger charge is 2.33. The van der Waals surface area contributed by atoms with E-state index in [2.05, 4.69) is 4.98 Å². The lowest BCUT2D eigenvalue weighted by Crippen LogP contribution is -2.47. The van der Waals surface area contributed by atoms with Crippen molar-refractivity contribution in [1.29, 1.82) is 0 Å². The normalized spacial score (nSPS) is 17.8. The first-order chi connectivity index (χ1) is 13.3. The molecular formula is C21H23F2N3O2. The van der Waals surface area contributed by atoms with Gasteiger partial charge in [-0.3, -0.25) is 14.6 Å². The average Bonchev–Trinajstić information content (AvgIpc) is 2.83. The minimum Gasteiger partial charge on any atom is -0.336 e. The number of nitrogens with zero attached hydrogens (tertiary/aromatic N) is 3. The van der Waals surface area contributed by atoms with E-state index >= 15 is 0 Å². The van der Waals surface area contributed by atoms with Crippen molar-refractivity contribution in [3.8, 4) is 0 Å². The molecule has 148 valence electrons. The molecule has 1 fully saturated rings. The van der Waals surface area contributed by atoms with Crippen LogP contribution in [0.4, 0.5) is 8.78 Å². The fourth-order valence-electron chi connectivity index (χ4n) is 3.43. The number of carbonyl (C=O) groups excluding carboxylic acids is 2. The summed E-state index contributed by atoms with van der Waals surface area (Å²) in [6.07, 6.45) is 2.56. The van der Waals surface area contributed by atoms with E-state index in [1.807, 2.05) is 13.8 Å². The van der Waals surface area contributed by atoms with Gasteiger partial charge < -0.3 is 9.80 Å². The number of halogens is 2. The molecule has 2 aromatic rings. The van der Waals surface area contributed by atoms with Crippen LogP contribution in [0.5, 0.6) is 0 Å². The average molecular weight is 387 g/mol. The van der Waals surface area contributed by atoms with Gasteiger partial charge in [0.1, 0.15) is 11.6 Å².